The number of piperidine rings is 1. The molecule has 0 bridgehead atoms. The summed E-state index contributed by atoms with van der Waals surface area (Å²) in [5.41, 5.74) is 8.35. The van der Waals surface area contributed by atoms with Gasteiger partial charge >= 0.3 is 0 Å². The molecule has 0 saturated carbocycles. The van der Waals surface area contributed by atoms with Crippen molar-refractivity contribution in [3.8, 4) is 0 Å². The van der Waals surface area contributed by atoms with E-state index in [4.69, 9.17) is 5.73 Å². The van der Waals surface area contributed by atoms with Crippen molar-refractivity contribution in [1.29, 1.82) is 0 Å². The van der Waals surface area contributed by atoms with Crippen LogP contribution in [0.2, 0.25) is 0 Å². The van der Waals surface area contributed by atoms with Gasteiger partial charge in [-0.15, -0.1) is 12.4 Å². The van der Waals surface area contributed by atoms with Gasteiger partial charge in [-0.3, -0.25) is 9.69 Å². The Morgan fingerprint density at radius 2 is 1.96 bits per heavy atom. The highest BCUT2D eigenvalue weighted by molar-refractivity contribution is 5.98. The Kier molecular flexibility index (Phi) is 6.35. The number of hydrogen-bond donors (Lipinski definition) is 1. The number of halogens is 2. The predicted octanol–water partition coefficient (Wildman–Crippen LogP) is 3.92. The van der Waals surface area contributed by atoms with E-state index in [9.17, 15) is 9.18 Å². The lowest BCUT2D eigenvalue weighted by molar-refractivity contribution is 0.0811. The molecule has 1 aliphatic heterocycles. The first-order chi connectivity index (χ1) is 11.1. The number of likely N-dealkylation sites (tertiary alicyclic amines) is 1. The number of Topliss-reactive ketones (excluding diaryl/α,β-unsaturated/α-hetero) is 1. The molecule has 24 heavy (non-hydrogen) atoms. The van der Waals surface area contributed by atoms with Gasteiger partial charge in [-0.2, -0.15) is 0 Å². The number of rotatable bonds is 4. The molecule has 1 saturated heterocycles. The Labute approximate surface area is 148 Å². The number of carbonyl (C=O) groups excluding carboxylic acids is 1. The average Bonchev–Trinajstić information content (AvgIpc) is 2.55. The molecule has 0 aromatic heterocycles. The first-order valence-electron chi connectivity index (χ1n) is 7.98. The number of nitrogens with zero attached hydrogens (tertiary/aromatic N) is 1. The van der Waals surface area contributed by atoms with Crippen molar-refractivity contribution in [3.63, 3.8) is 0 Å². The second kappa shape index (κ2) is 8.27. The zero-order valence-corrected chi connectivity index (χ0v) is 14.3. The summed E-state index contributed by atoms with van der Waals surface area (Å²) in [6.07, 6.45) is 1.89. The van der Waals surface area contributed by atoms with Gasteiger partial charge in [0, 0.05) is 30.3 Å². The third kappa shape index (κ3) is 4.56. The van der Waals surface area contributed by atoms with Gasteiger partial charge in [-0.25, -0.2) is 4.39 Å². The molecule has 2 N–H and O–H groups in total. The molecule has 0 spiro atoms. The molecule has 3 nitrogen and oxygen atoms in total. The summed E-state index contributed by atoms with van der Waals surface area (Å²) in [5, 5.41) is 0. The van der Waals surface area contributed by atoms with E-state index in [1.54, 1.807) is 12.1 Å². The lowest BCUT2D eigenvalue weighted by Crippen LogP contribution is -2.38. The molecule has 1 heterocycles. The summed E-state index contributed by atoms with van der Waals surface area (Å²) in [4.78, 5) is 14.9. The molecule has 2 aromatic rings. The molecular weight excluding hydrogens is 327 g/mol. The molecule has 5 heteroatoms. The fourth-order valence-corrected chi connectivity index (χ4v) is 3.21. The van der Waals surface area contributed by atoms with Crippen molar-refractivity contribution in [1.82, 2.24) is 4.90 Å². The van der Waals surface area contributed by atoms with E-state index in [2.05, 4.69) is 11.0 Å². The van der Waals surface area contributed by atoms with E-state index in [0.29, 0.717) is 5.56 Å². The molecular formula is C19H22ClFN2O. The van der Waals surface area contributed by atoms with Gasteiger partial charge in [-0.05, 0) is 61.3 Å². The van der Waals surface area contributed by atoms with Crippen LogP contribution in [0.15, 0.2) is 48.5 Å². The van der Waals surface area contributed by atoms with E-state index < -0.39 is 0 Å². The third-order valence-electron chi connectivity index (χ3n) is 4.36. The third-order valence-corrected chi connectivity index (χ3v) is 4.36. The summed E-state index contributed by atoms with van der Waals surface area (Å²) in [7, 11) is 0. The zero-order valence-electron chi connectivity index (χ0n) is 13.5. The molecule has 1 atom stereocenters. The highest BCUT2D eigenvalue weighted by Crippen LogP contribution is 2.23. The Morgan fingerprint density at radius 1 is 1.21 bits per heavy atom. The molecule has 3 rings (SSSR count). The Morgan fingerprint density at radius 3 is 2.67 bits per heavy atom. The average molecular weight is 349 g/mol. The maximum Gasteiger partial charge on any atom is 0.167 e. The summed E-state index contributed by atoms with van der Waals surface area (Å²) < 4.78 is 13.0. The molecule has 1 aliphatic rings. The Hall–Kier alpha value is -1.91. The van der Waals surface area contributed by atoms with Gasteiger partial charge < -0.3 is 5.73 Å². The number of ketones is 1. The second-order valence-corrected chi connectivity index (χ2v) is 6.19. The van der Waals surface area contributed by atoms with Crippen molar-refractivity contribution in [2.45, 2.75) is 19.4 Å². The summed E-state index contributed by atoms with van der Waals surface area (Å²) in [6, 6.07) is 13.7. The van der Waals surface area contributed by atoms with Crippen molar-refractivity contribution in [2.24, 2.45) is 5.92 Å². The van der Waals surface area contributed by atoms with Crippen LogP contribution in [0.4, 0.5) is 10.1 Å². The zero-order chi connectivity index (χ0) is 16.2. The topological polar surface area (TPSA) is 46.3 Å². The van der Waals surface area contributed by atoms with Gasteiger partial charge in [0.2, 0.25) is 0 Å². The number of hydrogen-bond acceptors (Lipinski definition) is 3. The molecule has 128 valence electrons. The van der Waals surface area contributed by atoms with Crippen molar-refractivity contribution in [2.75, 3.05) is 18.8 Å². The van der Waals surface area contributed by atoms with E-state index in [0.717, 1.165) is 38.2 Å². The maximum atomic E-state index is 13.0. The fourth-order valence-electron chi connectivity index (χ4n) is 3.21. The van der Waals surface area contributed by atoms with Crippen LogP contribution < -0.4 is 5.73 Å². The number of benzene rings is 2. The van der Waals surface area contributed by atoms with Crippen LogP contribution in [0, 0.1) is 11.7 Å². The lowest BCUT2D eigenvalue weighted by atomic mass is 9.90. The van der Waals surface area contributed by atoms with Crippen molar-refractivity contribution < 1.29 is 9.18 Å². The van der Waals surface area contributed by atoms with Crippen LogP contribution >= 0.6 is 12.4 Å². The second-order valence-electron chi connectivity index (χ2n) is 6.19. The Bertz CT molecular complexity index is 690. The van der Waals surface area contributed by atoms with E-state index in [-0.39, 0.29) is 29.9 Å². The van der Waals surface area contributed by atoms with Crippen LogP contribution in [0.3, 0.4) is 0 Å². The normalized spacial score (nSPS) is 18.0. The first kappa shape index (κ1) is 18.4. The molecule has 1 unspecified atom stereocenters. The highest BCUT2D eigenvalue weighted by Gasteiger charge is 2.26. The Balaban J connectivity index is 0.00000208. The van der Waals surface area contributed by atoms with Crippen LogP contribution in [-0.4, -0.2) is 23.8 Å². The predicted molar refractivity (Wildman–Crippen MR) is 96.8 cm³/mol. The summed E-state index contributed by atoms with van der Waals surface area (Å²) >= 11 is 0. The van der Waals surface area contributed by atoms with Crippen LogP contribution in [0.25, 0.3) is 0 Å². The summed E-state index contributed by atoms with van der Waals surface area (Å²) in [5.74, 6) is -0.217. The smallest absolute Gasteiger partial charge is 0.167 e. The van der Waals surface area contributed by atoms with Crippen LogP contribution in [-0.2, 0) is 6.54 Å². The number of carbonyl (C=O) groups is 1. The quantitative estimate of drug-likeness (QED) is 0.672. The van der Waals surface area contributed by atoms with E-state index in [1.807, 2.05) is 18.2 Å². The number of nitrogen functional groups attached to an aromatic ring is 1. The van der Waals surface area contributed by atoms with E-state index >= 15 is 0 Å². The molecule has 1 fully saturated rings. The minimum atomic E-state index is -0.312. The fraction of sp³-hybridized carbons (Fsp3) is 0.316. The highest BCUT2D eigenvalue weighted by atomic mass is 35.5. The molecule has 0 aliphatic carbocycles. The van der Waals surface area contributed by atoms with Gasteiger partial charge in [-0.1, -0.05) is 12.1 Å². The minimum absolute atomic E-state index is 0. The van der Waals surface area contributed by atoms with E-state index in [1.165, 1.54) is 17.7 Å². The van der Waals surface area contributed by atoms with Crippen LogP contribution in [0.1, 0.15) is 28.8 Å². The molecule has 2 aromatic carbocycles. The minimum Gasteiger partial charge on any atom is -0.399 e. The number of nitrogens with two attached hydrogens (primary N) is 1. The summed E-state index contributed by atoms with van der Waals surface area (Å²) in [6.45, 7) is 2.53. The van der Waals surface area contributed by atoms with Crippen LogP contribution in [0.5, 0.6) is 0 Å². The molecule has 0 amide bonds. The van der Waals surface area contributed by atoms with Crippen molar-refractivity contribution >= 4 is 23.9 Å². The van der Waals surface area contributed by atoms with Gasteiger partial charge in [0.05, 0.1) is 0 Å². The van der Waals surface area contributed by atoms with Gasteiger partial charge in [0.1, 0.15) is 5.82 Å². The monoisotopic (exact) mass is 348 g/mol. The largest absolute Gasteiger partial charge is 0.399 e. The van der Waals surface area contributed by atoms with Gasteiger partial charge in [0.15, 0.2) is 5.78 Å². The lowest BCUT2D eigenvalue weighted by Gasteiger charge is -2.32. The number of anilines is 1. The molecule has 0 radical (unpaired) electrons. The first-order valence-corrected chi connectivity index (χ1v) is 7.98. The maximum absolute atomic E-state index is 13.0. The van der Waals surface area contributed by atoms with Crippen molar-refractivity contribution in [3.05, 3.63) is 65.5 Å². The van der Waals surface area contributed by atoms with Gasteiger partial charge in [0.25, 0.3) is 0 Å². The SMILES string of the molecule is Cl.Nc1cccc(CN2CCCC(C(=O)c3ccc(F)cc3)C2)c1. The standard InChI is InChI=1S/C19H21FN2O.ClH/c20-17-8-6-15(7-9-17)19(23)16-4-2-10-22(13-16)12-14-3-1-5-18(21)11-14;/h1,3,5-9,11,16H,2,4,10,12-13,21H2;1H.